The van der Waals surface area contributed by atoms with Gasteiger partial charge in [-0.25, -0.2) is 4.79 Å². The zero-order chi connectivity index (χ0) is 15.3. The maximum absolute atomic E-state index is 12.2. The molecule has 4 nitrogen and oxygen atoms in total. The summed E-state index contributed by atoms with van der Waals surface area (Å²) >= 11 is 0. The predicted molar refractivity (Wildman–Crippen MR) is 82.9 cm³/mol. The SMILES string of the molecule is CC(C)CC(C)NCCN(C(=O)OC(C)(C)C)C1CC1. The maximum Gasteiger partial charge on any atom is 0.410 e. The van der Waals surface area contributed by atoms with Crippen LogP contribution in [0.1, 0.15) is 60.8 Å². The highest BCUT2D eigenvalue weighted by atomic mass is 16.6. The van der Waals surface area contributed by atoms with Gasteiger partial charge in [0.2, 0.25) is 0 Å². The molecule has 20 heavy (non-hydrogen) atoms. The zero-order valence-electron chi connectivity index (χ0n) is 14.0. The fourth-order valence-corrected chi connectivity index (χ4v) is 2.35. The molecular formula is C16H32N2O2. The Hall–Kier alpha value is -0.770. The highest BCUT2D eigenvalue weighted by Gasteiger charge is 2.34. The van der Waals surface area contributed by atoms with E-state index in [9.17, 15) is 4.79 Å². The van der Waals surface area contributed by atoms with Crippen LogP contribution in [0, 0.1) is 5.92 Å². The van der Waals surface area contributed by atoms with Crippen molar-refractivity contribution in [3.05, 3.63) is 0 Å². The third-order valence-electron chi connectivity index (χ3n) is 3.29. The Kier molecular flexibility index (Phi) is 6.31. The lowest BCUT2D eigenvalue weighted by Gasteiger charge is -2.28. The Morgan fingerprint density at radius 1 is 1.30 bits per heavy atom. The van der Waals surface area contributed by atoms with Crippen molar-refractivity contribution in [3.63, 3.8) is 0 Å². The first kappa shape index (κ1) is 17.3. The van der Waals surface area contributed by atoms with Crippen molar-refractivity contribution >= 4 is 6.09 Å². The Bertz CT molecular complexity index is 306. The number of rotatable bonds is 7. The van der Waals surface area contributed by atoms with Gasteiger partial charge in [0.15, 0.2) is 0 Å². The van der Waals surface area contributed by atoms with Crippen molar-refractivity contribution < 1.29 is 9.53 Å². The summed E-state index contributed by atoms with van der Waals surface area (Å²) in [6, 6.07) is 0.891. The van der Waals surface area contributed by atoms with Gasteiger partial charge in [-0.1, -0.05) is 13.8 Å². The molecule has 0 bridgehead atoms. The molecule has 0 aromatic heterocycles. The van der Waals surface area contributed by atoms with Crippen molar-refractivity contribution in [2.45, 2.75) is 78.5 Å². The molecule has 1 amide bonds. The van der Waals surface area contributed by atoms with Crippen LogP contribution in [0.3, 0.4) is 0 Å². The Morgan fingerprint density at radius 2 is 1.90 bits per heavy atom. The first-order valence-corrected chi connectivity index (χ1v) is 7.92. The van der Waals surface area contributed by atoms with Gasteiger partial charge in [0.1, 0.15) is 5.60 Å². The molecule has 0 radical (unpaired) electrons. The molecule has 1 unspecified atom stereocenters. The van der Waals surface area contributed by atoms with E-state index in [1.165, 1.54) is 0 Å². The van der Waals surface area contributed by atoms with Crippen LogP contribution in [0.25, 0.3) is 0 Å². The summed E-state index contributed by atoms with van der Waals surface area (Å²) in [6.07, 6.45) is 3.22. The van der Waals surface area contributed by atoms with Crippen molar-refractivity contribution in [1.29, 1.82) is 0 Å². The fourth-order valence-electron chi connectivity index (χ4n) is 2.35. The second-order valence-corrected chi connectivity index (χ2v) is 7.39. The summed E-state index contributed by atoms with van der Waals surface area (Å²) < 4.78 is 5.48. The molecule has 1 aliphatic rings. The molecule has 4 heteroatoms. The highest BCUT2D eigenvalue weighted by Crippen LogP contribution is 2.28. The quantitative estimate of drug-likeness (QED) is 0.779. The van der Waals surface area contributed by atoms with Gasteiger partial charge in [-0.15, -0.1) is 0 Å². The Morgan fingerprint density at radius 3 is 2.35 bits per heavy atom. The van der Waals surface area contributed by atoms with E-state index in [1.54, 1.807) is 0 Å². The first-order valence-electron chi connectivity index (χ1n) is 7.92. The third kappa shape index (κ3) is 7.13. The normalized spacial score (nSPS) is 17.1. The summed E-state index contributed by atoms with van der Waals surface area (Å²) in [4.78, 5) is 14.1. The lowest BCUT2D eigenvalue weighted by Crippen LogP contribution is -2.43. The smallest absolute Gasteiger partial charge is 0.410 e. The molecule has 1 fully saturated rings. The molecule has 1 N–H and O–H groups in total. The van der Waals surface area contributed by atoms with E-state index in [-0.39, 0.29) is 6.09 Å². The monoisotopic (exact) mass is 284 g/mol. The van der Waals surface area contributed by atoms with Crippen LogP contribution in [-0.4, -0.2) is 41.8 Å². The number of hydrogen-bond acceptors (Lipinski definition) is 3. The lowest BCUT2D eigenvalue weighted by atomic mass is 10.1. The van der Waals surface area contributed by atoms with Crippen LogP contribution < -0.4 is 5.32 Å². The van der Waals surface area contributed by atoms with Crippen molar-refractivity contribution in [2.24, 2.45) is 5.92 Å². The van der Waals surface area contributed by atoms with Crippen LogP contribution in [0.2, 0.25) is 0 Å². The number of amides is 1. The van der Waals surface area contributed by atoms with Crippen LogP contribution >= 0.6 is 0 Å². The van der Waals surface area contributed by atoms with E-state index >= 15 is 0 Å². The van der Waals surface area contributed by atoms with Crippen molar-refractivity contribution in [1.82, 2.24) is 10.2 Å². The molecule has 1 aliphatic carbocycles. The lowest BCUT2D eigenvalue weighted by molar-refractivity contribution is 0.0234. The average molecular weight is 284 g/mol. The number of carbonyl (C=O) groups excluding carboxylic acids is 1. The van der Waals surface area contributed by atoms with Gasteiger partial charge in [0.05, 0.1) is 0 Å². The number of nitrogens with one attached hydrogen (secondary N) is 1. The van der Waals surface area contributed by atoms with E-state index < -0.39 is 5.60 Å². The molecule has 118 valence electrons. The zero-order valence-corrected chi connectivity index (χ0v) is 14.0. The summed E-state index contributed by atoms with van der Waals surface area (Å²) in [5, 5.41) is 3.50. The minimum absolute atomic E-state index is 0.168. The molecule has 0 aromatic rings. The molecule has 1 rings (SSSR count). The molecule has 0 heterocycles. The number of ether oxygens (including phenoxy) is 1. The van der Waals surface area contributed by atoms with E-state index in [4.69, 9.17) is 4.74 Å². The number of hydrogen-bond donors (Lipinski definition) is 1. The average Bonchev–Trinajstić information content (AvgIpc) is 3.04. The van der Waals surface area contributed by atoms with Crippen LogP contribution in [0.5, 0.6) is 0 Å². The maximum atomic E-state index is 12.2. The first-order chi connectivity index (χ1) is 9.19. The minimum atomic E-state index is -0.414. The van der Waals surface area contributed by atoms with E-state index in [0.717, 1.165) is 32.4 Å². The van der Waals surface area contributed by atoms with Crippen LogP contribution in [0.15, 0.2) is 0 Å². The summed E-state index contributed by atoms with van der Waals surface area (Å²) in [5.41, 5.74) is -0.414. The van der Waals surface area contributed by atoms with E-state index in [0.29, 0.717) is 18.0 Å². The minimum Gasteiger partial charge on any atom is -0.444 e. The second-order valence-electron chi connectivity index (χ2n) is 7.39. The van der Waals surface area contributed by atoms with Gasteiger partial charge >= 0.3 is 6.09 Å². The van der Waals surface area contributed by atoms with Crippen molar-refractivity contribution in [3.8, 4) is 0 Å². The topological polar surface area (TPSA) is 41.6 Å². The van der Waals surface area contributed by atoms with Crippen LogP contribution in [-0.2, 0) is 4.74 Å². The molecule has 0 saturated heterocycles. The number of carbonyl (C=O) groups is 1. The largest absolute Gasteiger partial charge is 0.444 e. The summed E-state index contributed by atoms with van der Waals surface area (Å²) in [7, 11) is 0. The second kappa shape index (κ2) is 7.30. The molecule has 0 aromatic carbocycles. The third-order valence-corrected chi connectivity index (χ3v) is 3.29. The highest BCUT2D eigenvalue weighted by molar-refractivity contribution is 5.69. The molecule has 1 atom stereocenters. The van der Waals surface area contributed by atoms with Gasteiger partial charge < -0.3 is 15.0 Å². The number of nitrogens with zero attached hydrogens (tertiary/aromatic N) is 1. The van der Waals surface area contributed by atoms with Gasteiger partial charge in [-0.05, 0) is 52.9 Å². The molecule has 0 spiro atoms. The van der Waals surface area contributed by atoms with Crippen molar-refractivity contribution in [2.75, 3.05) is 13.1 Å². The van der Waals surface area contributed by atoms with E-state index in [1.807, 2.05) is 25.7 Å². The fraction of sp³-hybridized carbons (Fsp3) is 0.938. The summed E-state index contributed by atoms with van der Waals surface area (Å²) in [5.74, 6) is 0.697. The molecule has 0 aliphatic heterocycles. The van der Waals surface area contributed by atoms with Gasteiger partial charge in [-0.3, -0.25) is 0 Å². The standard InChI is InChI=1S/C16H32N2O2/c1-12(2)11-13(3)17-9-10-18(14-7-8-14)15(19)20-16(4,5)6/h12-14,17H,7-11H2,1-6H3. The predicted octanol–water partition coefficient (Wildman–Crippen LogP) is 3.41. The summed E-state index contributed by atoms with van der Waals surface area (Å²) in [6.45, 7) is 14.0. The van der Waals surface area contributed by atoms with Gasteiger partial charge in [0, 0.05) is 25.2 Å². The van der Waals surface area contributed by atoms with E-state index in [2.05, 4.69) is 26.1 Å². The Labute approximate surface area is 124 Å². The van der Waals surface area contributed by atoms with Crippen LogP contribution in [0.4, 0.5) is 4.79 Å². The molecular weight excluding hydrogens is 252 g/mol. The van der Waals surface area contributed by atoms with Gasteiger partial charge in [-0.2, -0.15) is 0 Å². The Balaban J connectivity index is 2.35. The molecule has 1 saturated carbocycles. The van der Waals surface area contributed by atoms with Gasteiger partial charge in [0.25, 0.3) is 0 Å².